The maximum absolute atomic E-state index is 2.44. The Morgan fingerprint density at radius 2 is 1.35 bits per heavy atom. The smallest absolute Gasteiger partial charge is 0.0102 e. The lowest BCUT2D eigenvalue weighted by molar-refractivity contribution is 0.438. The van der Waals surface area contributed by atoms with Crippen LogP contribution in [0.15, 0.2) is 48.5 Å². The van der Waals surface area contributed by atoms with Crippen molar-refractivity contribution in [3.8, 4) is 11.1 Å². The number of unbranched alkanes of at least 4 members (excludes halogenated alkanes) is 2. The number of hydrogen-bond donors (Lipinski definition) is 0. The minimum atomic E-state index is 0.616. The van der Waals surface area contributed by atoms with E-state index in [1.54, 1.807) is 11.1 Å². The van der Waals surface area contributed by atoms with Crippen LogP contribution in [0.5, 0.6) is 0 Å². The van der Waals surface area contributed by atoms with Gasteiger partial charge < -0.3 is 0 Å². The lowest BCUT2D eigenvalue weighted by Gasteiger charge is -2.16. The first-order valence-electron chi connectivity index (χ1n) is 9.49. The van der Waals surface area contributed by atoms with Crippen molar-refractivity contribution in [2.75, 3.05) is 0 Å². The second-order valence-corrected chi connectivity index (χ2v) is 7.26. The van der Waals surface area contributed by atoms with Gasteiger partial charge in [-0.25, -0.2) is 0 Å². The van der Waals surface area contributed by atoms with Crippen LogP contribution in [0.25, 0.3) is 11.1 Å². The summed E-state index contributed by atoms with van der Waals surface area (Å²) in [5.41, 5.74) is 6.02. The molecule has 0 heterocycles. The van der Waals surface area contributed by atoms with Crippen LogP contribution in [0.4, 0.5) is 0 Å². The summed E-state index contributed by atoms with van der Waals surface area (Å²) in [5.74, 6) is 1.50. The van der Waals surface area contributed by atoms with Gasteiger partial charge in [-0.2, -0.15) is 0 Å². The molecule has 1 aliphatic carbocycles. The maximum Gasteiger partial charge on any atom is 0.0102 e. The minimum absolute atomic E-state index is 0.616. The number of benzene rings is 2. The third-order valence-corrected chi connectivity index (χ3v) is 5.45. The van der Waals surface area contributed by atoms with Crippen molar-refractivity contribution in [1.82, 2.24) is 0 Å². The second kappa shape index (κ2) is 7.81. The van der Waals surface area contributed by atoms with Gasteiger partial charge in [0, 0.05) is 5.92 Å². The molecule has 0 N–H and O–H groups in total. The van der Waals surface area contributed by atoms with Crippen molar-refractivity contribution >= 4 is 0 Å². The van der Waals surface area contributed by atoms with Crippen molar-refractivity contribution in [1.29, 1.82) is 0 Å². The summed E-state index contributed by atoms with van der Waals surface area (Å²) in [6.45, 7) is 4.73. The van der Waals surface area contributed by atoms with Crippen LogP contribution in [0.1, 0.15) is 75.8 Å². The molecule has 0 nitrogen and oxygen atoms in total. The fourth-order valence-corrected chi connectivity index (χ4v) is 4.13. The fourth-order valence-electron chi connectivity index (χ4n) is 4.13. The third-order valence-electron chi connectivity index (χ3n) is 5.45. The summed E-state index contributed by atoms with van der Waals surface area (Å²) in [6.07, 6.45) is 9.58. The molecular formula is C23H30. The van der Waals surface area contributed by atoms with Gasteiger partial charge in [0.2, 0.25) is 0 Å². The molecule has 23 heavy (non-hydrogen) atoms. The minimum Gasteiger partial charge on any atom is -0.0654 e. The first-order chi connectivity index (χ1) is 11.3. The highest BCUT2D eigenvalue weighted by Gasteiger charge is 2.27. The van der Waals surface area contributed by atoms with E-state index in [-0.39, 0.29) is 0 Å². The van der Waals surface area contributed by atoms with Gasteiger partial charge in [0.1, 0.15) is 0 Å². The van der Waals surface area contributed by atoms with Crippen molar-refractivity contribution in [3.63, 3.8) is 0 Å². The van der Waals surface area contributed by atoms with E-state index in [0.717, 1.165) is 5.92 Å². The summed E-state index contributed by atoms with van der Waals surface area (Å²) >= 11 is 0. The summed E-state index contributed by atoms with van der Waals surface area (Å²) in [5, 5.41) is 0. The van der Waals surface area contributed by atoms with Crippen molar-refractivity contribution < 1.29 is 0 Å². The van der Waals surface area contributed by atoms with Crippen LogP contribution in [-0.2, 0) is 0 Å². The average molecular weight is 306 g/mol. The van der Waals surface area contributed by atoms with Gasteiger partial charge in [-0.15, -0.1) is 0 Å². The standard InChI is InChI=1S/C23H30/c1-3-4-5-11-18(2)12-10-17-23-21-15-8-6-13-19(21)20-14-7-9-16-22(20)23/h6-9,13-16,18,23H,3-5,10-12,17H2,1-2H3. The largest absolute Gasteiger partial charge is 0.0654 e. The molecule has 0 fully saturated rings. The summed E-state index contributed by atoms with van der Waals surface area (Å²) < 4.78 is 0. The topological polar surface area (TPSA) is 0 Å². The lowest BCUT2D eigenvalue weighted by Crippen LogP contribution is -2.00. The van der Waals surface area contributed by atoms with E-state index in [0.29, 0.717) is 5.92 Å². The van der Waals surface area contributed by atoms with E-state index in [1.165, 1.54) is 56.1 Å². The highest BCUT2D eigenvalue weighted by atomic mass is 14.3. The van der Waals surface area contributed by atoms with Crippen LogP contribution in [-0.4, -0.2) is 0 Å². The summed E-state index contributed by atoms with van der Waals surface area (Å²) in [6, 6.07) is 18.0. The number of hydrogen-bond acceptors (Lipinski definition) is 0. The zero-order valence-corrected chi connectivity index (χ0v) is 14.7. The molecule has 1 unspecified atom stereocenters. The van der Waals surface area contributed by atoms with Gasteiger partial charge in [0.25, 0.3) is 0 Å². The molecule has 0 amide bonds. The van der Waals surface area contributed by atoms with Crippen LogP contribution < -0.4 is 0 Å². The predicted octanol–water partition coefficient (Wildman–Crippen LogP) is 7.19. The highest BCUT2D eigenvalue weighted by molar-refractivity contribution is 5.78. The Morgan fingerprint density at radius 3 is 1.96 bits per heavy atom. The van der Waals surface area contributed by atoms with Crippen molar-refractivity contribution in [3.05, 3.63) is 59.7 Å². The third kappa shape index (κ3) is 3.68. The first kappa shape index (κ1) is 16.3. The van der Waals surface area contributed by atoms with E-state index in [2.05, 4.69) is 62.4 Å². The molecule has 0 saturated carbocycles. The maximum atomic E-state index is 2.44. The Hall–Kier alpha value is -1.56. The van der Waals surface area contributed by atoms with Crippen LogP contribution >= 0.6 is 0 Å². The average Bonchev–Trinajstić information content (AvgIpc) is 2.90. The Labute approximate surface area is 141 Å². The second-order valence-electron chi connectivity index (χ2n) is 7.26. The molecule has 0 spiro atoms. The van der Waals surface area contributed by atoms with Crippen molar-refractivity contribution in [2.45, 2.75) is 64.7 Å². The Balaban J connectivity index is 1.62. The molecule has 3 rings (SSSR count). The van der Waals surface area contributed by atoms with Gasteiger partial charge in [-0.05, 0) is 34.6 Å². The fraction of sp³-hybridized carbons (Fsp3) is 0.478. The molecule has 2 aromatic rings. The molecule has 1 aliphatic rings. The van der Waals surface area contributed by atoms with Gasteiger partial charge >= 0.3 is 0 Å². The zero-order chi connectivity index (χ0) is 16.1. The zero-order valence-electron chi connectivity index (χ0n) is 14.7. The van der Waals surface area contributed by atoms with Gasteiger partial charge in [-0.3, -0.25) is 0 Å². The quantitative estimate of drug-likeness (QED) is 0.453. The van der Waals surface area contributed by atoms with Crippen LogP contribution in [0.2, 0.25) is 0 Å². The van der Waals surface area contributed by atoms with Crippen molar-refractivity contribution in [2.24, 2.45) is 5.92 Å². The van der Waals surface area contributed by atoms with E-state index in [1.807, 2.05) is 0 Å². The molecule has 2 aromatic carbocycles. The Morgan fingerprint density at radius 1 is 0.783 bits per heavy atom. The molecule has 0 saturated heterocycles. The molecule has 0 heteroatoms. The molecule has 122 valence electrons. The predicted molar refractivity (Wildman–Crippen MR) is 101 cm³/mol. The van der Waals surface area contributed by atoms with E-state index < -0.39 is 0 Å². The van der Waals surface area contributed by atoms with E-state index in [9.17, 15) is 0 Å². The van der Waals surface area contributed by atoms with Gasteiger partial charge in [0.05, 0.1) is 0 Å². The molecule has 0 radical (unpaired) electrons. The lowest BCUT2D eigenvalue weighted by atomic mass is 9.89. The normalized spacial score (nSPS) is 14.5. The highest BCUT2D eigenvalue weighted by Crippen LogP contribution is 2.46. The molecule has 0 aromatic heterocycles. The monoisotopic (exact) mass is 306 g/mol. The molecule has 0 bridgehead atoms. The SMILES string of the molecule is CCCCCC(C)CCCC1c2ccccc2-c2ccccc21. The van der Waals surface area contributed by atoms with Crippen LogP contribution in [0, 0.1) is 5.92 Å². The van der Waals surface area contributed by atoms with Gasteiger partial charge in [0.15, 0.2) is 0 Å². The van der Waals surface area contributed by atoms with E-state index >= 15 is 0 Å². The van der Waals surface area contributed by atoms with Crippen LogP contribution in [0.3, 0.4) is 0 Å². The first-order valence-corrected chi connectivity index (χ1v) is 9.49. The number of fused-ring (bicyclic) bond motifs is 3. The van der Waals surface area contributed by atoms with E-state index in [4.69, 9.17) is 0 Å². The Kier molecular flexibility index (Phi) is 5.54. The summed E-state index contributed by atoms with van der Waals surface area (Å²) in [7, 11) is 0. The Bertz CT molecular complexity index is 580. The molecule has 1 atom stereocenters. The molecule has 0 aliphatic heterocycles. The summed E-state index contributed by atoms with van der Waals surface area (Å²) in [4.78, 5) is 0. The number of rotatable bonds is 8. The molecular weight excluding hydrogens is 276 g/mol. The van der Waals surface area contributed by atoms with Gasteiger partial charge in [-0.1, -0.05) is 101 Å².